The number of aryl methyl sites for hydroxylation is 1. The van der Waals surface area contributed by atoms with Crippen LogP contribution in [0.1, 0.15) is 41.7 Å². The van der Waals surface area contributed by atoms with Gasteiger partial charge in [0.25, 0.3) is 0 Å². The van der Waals surface area contributed by atoms with Crippen LogP contribution in [0, 0.1) is 18.3 Å². The summed E-state index contributed by atoms with van der Waals surface area (Å²) < 4.78 is 5.53. The zero-order valence-electron chi connectivity index (χ0n) is 11.6. The Morgan fingerprint density at radius 2 is 1.95 bits per heavy atom. The van der Waals surface area contributed by atoms with Crippen LogP contribution in [0.5, 0.6) is 0 Å². The van der Waals surface area contributed by atoms with E-state index in [0.29, 0.717) is 12.1 Å². The summed E-state index contributed by atoms with van der Waals surface area (Å²) in [6.07, 6.45) is -0.610. The molecule has 0 aliphatic rings. The molecule has 0 aliphatic heterocycles. The van der Waals surface area contributed by atoms with Crippen molar-refractivity contribution in [1.82, 2.24) is 5.32 Å². The van der Waals surface area contributed by atoms with Crippen LogP contribution in [0.25, 0.3) is 0 Å². The second kappa shape index (κ2) is 6.38. The molecule has 0 amide bonds. The Kier molecular flexibility index (Phi) is 4.57. The molecule has 4 nitrogen and oxygen atoms in total. The molecule has 1 aromatic heterocycles. The largest absolute Gasteiger partial charge is 0.465 e. The summed E-state index contributed by atoms with van der Waals surface area (Å²) >= 11 is 0. The first kappa shape index (κ1) is 14.3. The summed E-state index contributed by atoms with van der Waals surface area (Å²) in [5, 5.41) is 22.1. The number of nitrogens with one attached hydrogen (secondary N) is 1. The Hall–Kier alpha value is -2.09. The van der Waals surface area contributed by atoms with Crippen molar-refractivity contribution in [2.45, 2.75) is 26.0 Å². The van der Waals surface area contributed by atoms with E-state index in [2.05, 4.69) is 11.4 Å². The average Bonchev–Trinajstić information content (AvgIpc) is 2.91. The van der Waals surface area contributed by atoms with E-state index in [1.54, 1.807) is 24.3 Å². The van der Waals surface area contributed by atoms with E-state index in [4.69, 9.17) is 9.68 Å². The van der Waals surface area contributed by atoms with Crippen LogP contribution in [0.2, 0.25) is 0 Å². The molecule has 2 rings (SSSR count). The second-order valence-corrected chi connectivity index (χ2v) is 4.83. The molecule has 0 saturated carbocycles. The fraction of sp³-hybridized carbons (Fsp3) is 0.312. The van der Waals surface area contributed by atoms with Gasteiger partial charge in [-0.05, 0) is 43.7 Å². The number of aliphatic hydroxyl groups excluding tert-OH is 1. The van der Waals surface area contributed by atoms with Crippen molar-refractivity contribution < 1.29 is 9.52 Å². The first-order valence-corrected chi connectivity index (χ1v) is 6.58. The van der Waals surface area contributed by atoms with Crippen LogP contribution < -0.4 is 5.32 Å². The molecule has 104 valence electrons. The maximum Gasteiger partial charge on any atom is 0.120 e. The van der Waals surface area contributed by atoms with Gasteiger partial charge < -0.3 is 14.8 Å². The molecular weight excluding hydrogens is 252 g/mol. The predicted octanol–water partition coefficient (Wildman–Crippen LogP) is 2.84. The molecule has 0 bridgehead atoms. The van der Waals surface area contributed by atoms with Crippen molar-refractivity contribution >= 4 is 0 Å². The first-order valence-electron chi connectivity index (χ1n) is 6.58. The van der Waals surface area contributed by atoms with Gasteiger partial charge in [0.1, 0.15) is 11.5 Å². The molecule has 4 heteroatoms. The highest BCUT2D eigenvalue weighted by atomic mass is 16.3. The maximum absolute atomic E-state index is 10.1. The molecule has 1 heterocycles. The van der Waals surface area contributed by atoms with Crippen LogP contribution in [0.15, 0.2) is 40.8 Å². The number of furan rings is 1. The van der Waals surface area contributed by atoms with Gasteiger partial charge >= 0.3 is 0 Å². The van der Waals surface area contributed by atoms with Crippen LogP contribution in [0.3, 0.4) is 0 Å². The van der Waals surface area contributed by atoms with Gasteiger partial charge in [0.05, 0.1) is 23.8 Å². The SMILES string of the molecule is Cc1ccc(C(C)NCC(O)c2ccc(C#N)cc2)o1. The van der Waals surface area contributed by atoms with Crippen molar-refractivity contribution in [1.29, 1.82) is 5.26 Å². The van der Waals surface area contributed by atoms with Crippen molar-refractivity contribution in [3.8, 4) is 6.07 Å². The minimum atomic E-state index is -0.610. The number of nitrogens with zero attached hydrogens (tertiary/aromatic N) is 1. The molecule has 0 fully saturated rings. The molecule has 0 radical (unpaired) electrons. The smallest absolute Gasteiger partial charge is 0.120 e. The van der Waals surface area contributed by atoms with E-state index in [1.807, 2.05) is 26.0 Å². The highest BCUT2D eigenvalue weighted by Crippen LogP contribution is 2.18. The van der Waals surface area contributed by atoms with E-state index >= 15 is 0 Å². The van der Waals surface area contributed by atoms with Crippen LogP contribution in [0.4, 0.5) is 0 Å². The lowest BCUT2D eigenvalue weighted by Crippen LogP contribution is -2.24. The zero-order chi connectivity index (χ0) is 14.5. The molecule has 2 atom stereocenters. The predicted molar refractivity (Wildman–Crippen MR) is 76.0 cm³/mol. The summed E-state index contributed by atoms with van der Waals surface area (Å²) in [4.78, 5) is 0. The lowest BCUT2D eigenvalue weighted by molar-refractivity contribution is 0.169. The van der Waals surface area contributed by atoms with Crippen LogP contribution in [-0.4, -0.2) is 11.7 Å². The Bertz CT molecular complexity index is 596. The minimum absolute atomic E-state index is 0.0386. The standard InChI is InChI=1S/C16H18N2O2/c1-11-3-8-16(20-11)12(2)18-10-15(19)14-6-4-13(9-17)5-7-14/h3-8,12,15,18-19H,10H2,1-2H3. The third-order valence-electron chi connectivity index (χ3n) is 3.23. The molecule has 2 N–H and O–H groups in total. The van der Waals surface area contributed by atoms with Crippen LogP contribution >= 0.6 is 0 Å². The van der Waals surface area contributed by atoms with Gasteiger partial charge in [-0.2, -0.15) is 5.26 Å². The Morgan fingerprint density at radius 3 is 2.50 bits per heavy atom. The van der Waals surface area contributed by atoms with Gasteiger partial charge in [0.2, 0.25) is 0 Å². The van der Waals surface area contributed by atoms with Crippen LogP contribution in [-0.2, 0) is 0 Å². The number of nitriles is 1. The molecular formula is C16H18N2O2. The van der Waals surface area contributed by atoms with Gasteiger partial charge in [-0.25, -0.2) is 0 Å². The first-order chi connectivity index (χ1) is 9.60. The molecule has 20 heavy (non-hydrogen) atoms. The topological polar surface area (TPSA) is 69.2 Å². The summed E-state index contributed by atoms with van der Waals surface area (Å²) in [6.45, 7) is 4.32. The summed E-state index contributed by atoms with van der Waals surface area (Å²) in [5.41, 5.74) is 1.38. The van der Waals surface area contributed by atoms with Gasteiger partial charge in [-0.3, -0.25) is 0 Å². The van der Waals surface area contributed by atoms with Crippen molar-refractivity contribution in [3.63, 3.8) is 0 Å². The number of hydrogen-bond acceptors (Lipinski definition) is 4. The van der Waals surface area contributed by atoms with E-state index in [9.17, 15) is 5.11 Å². The van der Waals surface area contributed by atoms with Gasteiger partial charge in [0, 0.05) is 6.54 Å². The van der Waals surface area contributed by atoms with E-state index in [1.165, 1.54) is 0 Å². The molecule has 2 unspecified atom stereocenters. The number of hydrogen-bond donors (Lipinski definition) is 2. The highest BCUT2D eigenvalue weighted by molar-refractivity contribution is 5.32. The molecule has 2 aromatic rings. The quantitative estimate of drug-likeness (QED) is 0.876. The monoisotopic (exact) mass is 270 g/mol. The minimum Gasteiger partial charge on any atom is -0.465 e. The van der Waals surface area contributed by atoms with Crippen molar-refractivity contribution in [3.05, 3.63) is 59.0 Å². The fourth-order valence-corrected chi connectivity index (χ4v) is 1.97. The van der Waals surface area contributed by atoms with Gasteiger partial charge in [0.15, 0.2) is 0 Å². The summed E-state index contributed by atoms with van der Waals surface area (Å²) in [7, 11) is 0. The fourth-order valence-electron chi connectivity index (χ4n) is 1.97. The number of rotatable bonds is 5. The second-order valence-electron chi connectivity index (χ2n) is 4.83. The zero-order valence-corrected chi connectivity index (χ0v) is 11.6. The van der Waals surface area contributed by atoms with E-state index in [-0.39, 0.29) is 6.04 Å². The highest BCUT2D eigenvalue weighted by Gasteiger charge is 2.12. The Balaban J connectivity index is 1.91. The molecule has 0 spiro atoms. The van der Waals surface area contributed by atoms with Crippen molar-refractivity contribution in [2.75, 3.05) is 6.54 Å². The maximum atomic E-state index is 10.1. The summed E-state index contributed by atoms with van der Waals surface area (Å²) in [5.74, 6) is 1.73. The lowest BCUT2D eigenvalue weighted by Gasteiger charge is -2.16. The van der Waals surface area contributed by atoms with E-state index < -0.39 is 6.10 Å². The normalized spacial score (nSPS) is 13.7. The van der Waals surface area contributed by atoms with Crippen molar-refractivity contribution in [2.24, 2.45) is 0 Å². The average molecular weight is 270 g/mol. The lowest BCUT2D eigenvalue weighted by atomic mass is 10.1. The Morgan fingerprint density at radius 1 is 1.25 bits per heavy atom. The van der Waals surface area contributed by atoms with Gasteiger partial charge in [-0.15, -0.1) is 0 Å². The molecule has 1 aromatic carbocycles. The summed E-state index contributed by atoms with van der Waals surface area (Å²) in [6, 6.07) is 12.9. The molecule has 0 aliphatic carbocycles. The van der Waals surface area contributed by atoms with Gasteiger partial charge in [-0.1, -0.05) is 12.1 Å². The molecule has 0 saturated heterocycles. The third-order valence-corrected chi connectivity index (χ3v) is 3.23. The third kappa shape index (κ3) is 3.47. The number of aliphatic hydroxyl groups is 1. The number of benzene rings is 1. The Labute approximate surface area is 118 Å². The van der Waals surface area contributed by atoms with E-state index in [0.717, 1.165) is 17.1 Å².